The summed E-state index contributed by atoms with van der Waals surface area (Å²) in [5.41, 5.74) is 8.99. The number of nitrogens with two attached hydrogens (primary N) is 1. The third-order valence-corrected chi connectivity index (χ3v) is 7.56. The number of piperazine rings is 1. The SMILES string of the molecule is Nc1nc2c(cnn2CCN2CCN(c3ccc(O[C@@H]4COC[C@H]4O)cc3F)CC2)c2cc(-c3ccco3)nn12. The van der Waals surface area contributed by atoms with Gasteiger partial charge in [-0.25, -0.2) is 9.07 Å². The molecule has 12 nitrogen and oxygen atoms in total. The number of furan rings is 1. The number of aromatic nitrogens is 5. The molecule has 40 heavy (non-hydrogen) atoms. The summed E-state index contributed by atoms with van der Waals surface area (Å²) >= 11 is 0. The Morgan fingerprint density at radius 2 is 1.98 bits per heavy atom. The highest BCUT2D eigenvalue weighted by Crippen LogP contribution is 2.28. The van der Waals surface area contributed by atoms with Crippen molar-refractivity contribution in [2.75, 3.05) is 56.6 Å². The fourth-order valence-electron chi connectivity index (χ4n) is 5.37. The Morgan fingerprint density at radius 1 is 1.10 bits per heavy atom. The van der Waals surface area contributed by atoms with Crippen LogP contribution in [0.2, 0.25) is 0 Å². The van der Waals surface area contributed by atoms with Crippen LogP contribution < -0.4 is 15.4 Å². The minimum atomic E-state index is -0.698. The lowest BCUT2D eigenvalue weighted by Crippen LogP contribution is -2.47. The van der Waals surface area contributed by atoms with Crippen LogP contribution in [0.15, 0.2) is 53.3 Å². The molecule has 0 spiro atoms. The zero-order valence-corrected chi connectivity index (χ0v) is 21.7. The highest BCUT2D eigenvalue weighted by atomic mass is 19.1. The quantitative estimate of drug-likeness (QED) is 0.311. The van der Waals surface area contributed by atoms with Gasteiger partial charge in [-0.3, -0.25) is 4.90 Å². The van der Waals surface area contributed by atoms with E-state index in [0.717, 1.165) is 30.5 Å². The van der Waals surface area contributed by atoms with Crippen LogP contribution in [0.5, 0.6) is 5.75 Å². The lowest BCUT2D eigenvalue weighted by molar-refractivity contribution is 0.0731. The summed E-state index contributed by atoms with van der Waals surface area (Å²) in [6.07, 6.45) is 2.23. The number of aliphatic hydroxyl groups excluding tert-OH is 1. The number of nitrogen functional groups attached to an aromatic ring is 1. The number of aliphatic hydroxyl groups is 1. The second-order valence-corrected chi connectivity index (χ2v) is 10.1. The molecule has 3 N–H and O–H groups in total. The van der Waals surface area contributed by atoms with E-state index >= 15 is 0 Å². The molecule has 0 bridgehead atoms. The average molecular weight is 549 g/mol. The number of fused-ring (bicyclic) bond motifs is 3. The number of hydrogen-bond donors (Lipinski definition) is 2. The molecule has 2 aliphatic heterocycles. The van der Waals surface area contributed by atoms with E-state index in [1.807, 2.05) is 27.8 Å². The van der Waals surface area contributed by atoms with Crippen LogP contribution in [0, 0.1) is 5.82 Å². The van der Waals surface area contributed by atoms with Crippen molar-refractivity contribution in [1.82, 2.24) is 29.3 Å². The highest BCUT2D eigenvalue weighted by Gasteiger charge is 2.28. The summed E-state index contributed by atoms with van der Waals surface area (Å²) in [7, 11) is 0. The van der Waals surface area contributed by atoms with Crippen LogP contribution in [0.25, 0.3) is 28.0 Å². The summed E-state index contributed by atoms with van der Waals surface area (Å²) in [5, 5.41) is 19.8. The zero-order valence-electron chi connectivity index (χ0n) is 21.7. The molecule has 7 rings (SSSR count). The number of halogens is 1. The van der Waals surface area contributed by atoms with Crippen molar-refractivity contribution in [1.29, 1.82) is 0 Å². The van der Waals surface area contributed by atoms with Gasteiger partial charge in [-0.15, -0.1) is 0 Å². The maximum atomic E-state index is 14.9. The Balaban J connectivity index is 0.990. The zero-order chi connectivity index (χ0) is 27.2. The maximum absolute atomic E-state index is 14.9. The molecule has 0 unspecified atom stereocenters. The Hall–Kier alpha value is -4.20. The molecule has 1 aromatic carbocycles. The lowest BCUT2D eigenvalue weighted by atomic mass is 10.2. The van der Waals surface area contributed by atoms with Crippen molar-refractivity contribution >= 4 is 28.2 Å². The van der Waals surface area contributed by atoms with Crippen LogP contribution in [0.4, 0.5) is 16.0 Å². The van der Waals surface area contributed by atoms with Gasteiger partial charge in [-0.2, -0.15) is 19.7 Å². The summed E-state index contributed by atoms with van der Waals surface area (Å²) in [5.74, 6) is 0.987. The third kappa shape index (κ3) is 4.51. The topological polar surface area (TPSA) is 132 Å². The Labute approximate surface area is 228 Å². The average Bonchev–Trinajstić information content (AvgIpc) is 3.76. The summed E-state index contributed by atoms with van der Waals surface area (Å²) in [6.45, 7) is 4.92. The van der Waals surface area contributed by atoms with Gasteiger partial charge in [0, 0.05) is 38.8 Å². The minimum absolute atomic E-state index is 0.235. The maximum Gasteiger partial charge on any atom is 0.223 e. The number of anilines is 2. The van der Waals surface area contributed by atoms with Crippen LogP contribution in [0.3, 0.4) is 0 Å². The molecule has 4 aromatic heterocycles. The number of rotatable bonds is 7. The van der Waals surface area contributed by atoms with E-state index in [9.17, 15) is 9.50 Å². The second kappa shape index (κ2) is 10.1. The van der Waals surface area contributed by atoms with E-state index < -0.39 is 12.2 Å². The van der Waals surface area contributed by atoms with Crippen molar-refractivity contribution in [3.05, 3.63) is 54.7 Å². The first-order valence-corrected chi connectivity index (χ1v) is 13.3. The van der Waals surface area contributed by atoms with Gasteiger partial charge >= 0.3 is 0 Å². The van der Waals surface area contributed by atoms with Crippen LogP contribution in [-0.2, 0) is 11.3 Å². The number of benzene rings is 1. The summed E-state index contributed by atoms with van der Waals surface area (Å²) < 4.78 is 34.8. The standard InChI is InChI=1S/C27H29FN8O4/c28-19-12-17(40-25-16-38-15-23(25)37)3-4-21(19)34-8-5-33(6-9-34)7-10-35-26-18(14-30-35)22-13-20(24-2-1-11-39-24)32-36(22)27(29)31-26/h1-4,11-14,23,25,37H,5-10,15-16H2,(H2,29,31)/t23-,25-/m1/s1. The van der Waals surface area contributed by atoms with Crippen molar-refractivity contribution in [2.45, 2.75) is 18.8 Å². The van der Waals surface area contributed by atoms with E-state index in [2.05, 4.69) is 20.1 Å². The predicted octanol–water partition coefficient (Wildman–Crippen LogP) is 2.02. The lowest BCUT2D eigenvalue weighted by Gasteiger charge is -2.36. The van der Waals surface area contributed by atoms with Gasteiger partial charge in [0.25, 0.3) is 0 Å². The summed E-state index contributed by atoms with van der Waals surface area (Å²) in [4.78, 5) is 8.95. The Bertz CT molecular complexity index is 1640. The first-order valence-electron chi connectivity index (χ1n) is 13.3. The number of ether oxygens (including phenoxy) is 2. The molecule has 0 radical (unpaired) electrons. The van der Waals surface area contributed by atoms with E-state index in [0.29, 0.717) is 54.8 Å². The minimum Gasteiger partial charge on any atom is -0.485 e. The van der Waals surface area contributed by atoms with Crippen molar-refractivity contribution in [3.63, 3.8) is 0 Å². The molecule has 6 heterocycles. The fraction of sp³-hybridized carbons (Fsp3) is 0.370. The number of hydrogen-bond acceptors (Lipinski definition) is 10. The molecule has 0 aliphatic carbocycles. The van der Waals surface area contributed by atoms with E-state index in [1.54, 1.807) is 29.1 Å². The normalized spacial score (nSPS) is 20.2. The van der Waals surface area contributed by atoms with Gasteiger partial charge in [0.15, 0.2) is 11.4 Å². The van der Waals surface area contributed by atoms with Crippen molar-refractivity contribution < 1.29 is 23.4 Å². The molecule has 0 saturated carbocycles. The Morgan fingerprint density at radius 3 is 2.73 bits per heavy atom. The van der Waals surface area contributed by atoms with Gasteiger partial charge in [0.05, 0.1) is 48.8 Å². The monoisotopic (exact) mass is 548 g/mol. The molecule has 208 valence electrons. The van der Waals surface area contributed by atoms with Gasteiger partial charge in [0.1, 0.15) is 29.5 Å². The van der Waals surface area contributed by atoms with Gasteiger partial charge < -0.3 is 29.6 Å². The van der Waals surface area contributed by atoms with Gasteiger partial charge in [-0.05, 0) is 30.3 Å². The number of nitrogens with zero attached hydrogens (tertiary/aromatic N) is 7. The molecule has 13 heteroatoms. The van der Waals surface area contributed by atoms with Crippen molar-refractivity contribution in [2.24, 2.45) is 0 Å². The third-order valence-electron chi connectivity index (χ3n) is 7.56. The molecule has 2 aliphatic rings. The van der Waals surface area contributed by atoms with E-state index in [-0.39, 0.29) is 18.4 Å². The first-order chi connectivity index (χ1) is 19.5. The molecular formula is C27H29FN8O4. The van der Waals surface area contributed by atoms with Crippen LogP contribution in [-0.4, -0.2) is 92.5 Å². The molecule has 2 atom stereocenters. The fourth-order valence-corrected chi connectivity index (χ4v) is 5.37. The molecule has 2 saturated heterocycles. The largest absolute Gasteiger partial charge is 0.485 e. The van der Waals surface area contributed by atoms with E-state index in [4.69, 9.17) is 19.6 Å². The first kappa shape index (κ1) is 24.8. The smallest absolute Gasteiger partial charge is 0.223 e. The van der Waals surface area contributed by atoms with Crippen LogP contribution in [0.1, 0.15) is 0 Å². The van der Waals surface area contributed by atoms with Gasteiger partial charge in [-0.1, -0.05) is 0 Å². The summed E-state index contributed by atoms with van der Waals surface area (Å²) in [6, 6.07) is 10.5. The van der Waals surface area contributed by atoms with E-state index in [1.165, 1.54) is 6.07 Å². The highest BCUT2D eigenvalue weighted by molar-refractivity contribution is 5.93. The molecule has 0 amide bonds. The molecular weight excluding hydrogens is 519 g/mol. The van der Waals surface area contributed by atoms with Gasteiger partial charge in [0.2, 0.25) is 5.95 Å². The second-order valence-electron chi connectivity index (χ2n) is 10.1. The van der Waals surface area contributed by atoms with Crippen LogP contribution >= 0.6 is 0 Å². The molecule has 2 fully saturated rings. The predicted molar refractivity (Wildman–Crippen MR) is 145 cm³/mol. The molecule has 5 aromatic rings. The Kier molecular flexibility index (Phi) is 6.25. The van der Waals surface area contributed by atoms with Crippen molar-refractivity contribution in [3.8, 4) is 17.2 Å².